The monoisotopic (exact) mass is 406 g/mol. The van der Waals surface area contributed by atoms with E-state index in [-0.39, 0.29) is 14.9 Å². The number of aryl methyl sites for hydroxylation is 1. The van der Waals surface area contributed by atoms with Gasteiger partial charge in [-0.15, -0.1) is 4.09 Å². The van der Waals surface area contributed by atoms with Gasteiger partial charge in [-0.25, -0.2) is 0 Å². The van der Waals surface area contributed by atoms with Crippen LogP contribution in [0.2, 0.25) is 5.02 Å². The van der Waals surface area contributed by atoms with Crippen LogP contribution in [0, 0.1) is 0 Å². The molecule has 0 amide bonds. The van der Waals surface area contributed by atoms with Crippen molar-refractivity contribution in [1.82, 2.24) is 9.19 Å². The van der Waals surface area contributed by atoms with Gasteiger partial charge in [0.2, 0.25) is 0 Å². The van der Waals surface area contributed by atoms with Crippen LogP contribution in [0.3, 0.4) is 0 Å². The molecule has 0 aliphatic heterocycles. The number of benzene rings is 2. The van der Waals surface area contributed by atoms with E-state index in [4.69, 9.17) is 11.6 Å². The third kappa shape index (κ3) is 2.66. The van der Waals surface area contributed by atoms with Crippen molar-refractivity contribution in [2.24, 2.45) is 0 Å². The maximum atomic E-state index is 12.9. The summed E-state index contributed by atoms with van der Waals surface area (Å²) in [6, 6.07) is 4.16. The van der Waals surface area contributed by atoms with Gasteiger partial charge in [0, 0.05) is 15.9 Å². The average Bonchev–Trinajstić information content (AvgIpc) is 2.95. The summed E-state index contributed by atoms with van der Waals surface area (Å²) >= 11 is 6.14. The van der Waals surface area contributed by atoms with Gasteiger partial charge in [-0.2, -0.15) is 26.7 Å². The van der Waals surface area contributed by atoms with Gasteiger partial charge >= 0.3 is 22.7 Å². The molecule has 1 heterocycles. The van der Waals surface area contributed by atoms with Crippen molar-refractivity contribution in [1.29, 1.82) is 0 Å². The summed E-state index contributed by atoms with van der Waals surface area (Å²) in [5.41, 5.74) is -5.57. The minimum atomic E-state index is -5.78. The zero-order valence-corrected chi connectivity index (χ0v) is 14.7. The van der Waals surface area contributed by atoms with E-state index >= 15 is 0 Å². The molecule has 138 valence electrons. The number of rotatable bonds is 3. The predicted molar refractivity (Wildman–Crippen MR) is 91.8 cm³/mol. The molecule has 2 aromatic carbocycles. The van der Waals surface area contributed by atoms with Crippen LogP contribution in [-0.2, 0) is 16.4 Å². The van der Waals surface area contributed by atoms with E-state index in [1.807, 2.05) is 0 Å². The summed E-state index contributed by atoms with van der Waals surface area (Å²) in [6.07, 6.45) is 1.27. The van der Waals surface area contributed by atoms with Crippen LogP contribution in [0.25, 0.3) is 21.7 Å². The Hall–Kier alpha value is -1.82. The van der Waals surface area contributed by atoms with Gasteiger partial charge in [0.05, 0.1) is 11.7 Å². The van der Waals surface area contributed by atoms with Crippen LogP contribution in [-0.4, -0.2) is 40.3 Å². The van der Waals surface area contributed by atoms with Crippen molar-refractivity contribution < 1.29 is 31.6 Å². The van der Waals surface area contributed by atoms with Gasteiger partial charge in [0.1, 0.15) is 0 Å². The van der Waals surface area contributed by atoms with Crippen molar-refractivity contribution in [3.63, 3.8) is 0 Å². The molecule has 0 saturated heterocycles. The fraction of sp³-hybridized carbons (Fsp3) is 0.214. The van der Waals surface area contributed by atoms with E-state index in [2.05, 4.69) is 5.10 Å². The Morgan fingerprint density at radius 2 is 1.96 bits per heavy atom. The zero-order chi connectivity index (χ0) is 19.4. The lowest BCUT2D eigenvalue weighted by molar-refractivity contribution is -0.0448. The molecular formula is C14H11BClF3N2O4S. The Bertz CT molecular complexity index is 1130. The average molecular weight is 407 g/mol. The largest absolute Gasteiger partial charge is 0.518 e. The molecule has 0 aliphatic carbocycles. The van der Waals surface area contributed by atoms with Crippen LogP contribution in [0.1, 0.15) is 12.5 Å². The molecule has 0 radical (unpaired) electrons. The predicted octanol–water partition coefficient (Wildman–Crippen LogP) is 1.78. The molecule has 0 unspecified atom stereocenters. The number of hydrogen-bond acceptors (Lipinski definition) is 5. The van der Waals surface area contributed by atoms with E-state index in [0.717, 1.165) is 6.20 Å². The molecule has 12 heteroatoms. The number of fused-ring (bicyclic) bond motifs is 2. The first-order valence-corrected chi connectivity index (χ1v) is 9.12. The van der Waals surface area contributed by atoms with Gasteiger partial charge in [0.25, 0.3) is 0 Å². The minimum Gasteiger partial charge on any atom is -0.423 e. The molecule has 0 bridgehead atoms. The first kappa shape index (κ1) is 19.0. The quantitative estimate of drug-likeness (QED) is 0.647. The van der Waals surface area contributed by atoms with Crippen LogP contribution in [0.4, 0.5) is 13.2 Å². The first-order chi connectivity index (χ1) is 12.0. The summed E-state index contributed by atoms with van der Waals surface area (Å²) in [4.78, 5) is 0. The summed E-state index contributed by atoms with van der Waals surface area (Å²) in [5.74, 6) is 0. The lowest BCUT2D eigenvalue weighted by Crippen LogP contribution is -2.33. The number of nitrogens with zero attached hydrogens (tertiary/aromatic N) is 2. The van der Waals surface area contributed by atoms with E-state index < -0.39 is 28.2 Å². The summed E-state index contributed by atoms with van der Waals surface area (Å²) in [6.45, 7) is 1.77. The molecule has 3 aromatic rings. The Morgan fingerprint density at radius 1 is 1.31 bits per heavy atom. The number of alkyl halides is 3. The second kappa shape index (κ2) is 6.12. The van der Waals surface area contributed by atoms with Gasteiger partial charge in [-0.3, -0.25) is 0 Å². The normalized spacial score (nSPS) is 12.9. The number of hydrogen-bond donors (Lipinski definition) is 2. The van der Waals surface area contributed by atoms with Crippen molar-refractivity contribution in [3.05, 3.63) is 35.0 Å². The maximum Gasteiger partial charge on any atom is 0.518 e. The molecule has 26 heavy (non-hydrogen) atoms. The molecule has 0 atom stereocenters. The van der Waals surface area contributed by atoms with Crippen molar-refractivity contribution >= 4 is 55.9 Å². The SMILES string of the molecule is CCc1c(Cl)ccc2cc3c(cnn3S(=O)(=O)C(F)(F)F)c(B(O)O)c12. The zero-order valence-electron chi connectivity index (χ0n) is 13.1. The third-order valence-corrected chi connectivity index (χ3v) is 5.73. The summed E-state index contributed by atoms with van der Waals surface area (Å²) < 4.78 is 62.1. The van der Waals surface area contributed by atoms with Crippen LogP contribution in [0.5, 0.6) is 0 Å². The maximum absolute atomic E-state index is 12.9. The fourth-order valence-electron chi connectivity index (χ4n) is 2.95. The van der Waals surface area contributed by atoms with Crippen LogP contribution in [0.15, 0.2) is 24.4 Å². The van der Waals surface area contributed by atoms with E-state index in [1.54, 1.807) is 6.92 Å². The molecule has 1 aromatic heterocycles. The van der Waals surface area contributed by atoms with E-state index in [0.29, 0.717) is 27.8 Å². The lowest BCUT2D eigenvalue weighted by Gasteiger charge is -2.14. The molecule has 2 N–H and O–H groups in total. The highest BCUT2D eigenvalue weighted by atomic mass is 35.5. The van der Waals surface area contributed by atoms with Crippen LogP contribution >= 0.6 is 11.6 Å². The summed E-state index contributed by atoms with van der Waals surface area (Å²) in [7, 11) is -7.85. The lowest BCUT2D eigenvalue weighted by atomic mass is 9.74. The molecule has 3 rings (SSSR count). The minimum absolute atomic E-state index is 0.128. The standard InChI is InChI=1S/C14H11BClF3N2O4S/c1-2-8-10(16)4-3-7-5-11-9(13(12(7)8)15(22)23)6-20-21(11)26(24,25)14(17,18)19/h3-6,22-23H,2H2,1H3. The Balaban J connectivity index is 2.53. The molecule has 6 nitrogen and oxygen atoms in total. The van der Waals surface area contributed by atoms with E-state index in [1.165, 1.54) is 18.2 Å². The van der Waals surface area contributed by atoms with E-state index in [9.17, 15) is 31.6 Å². The van der Waals surface area contributed by atoms with Crippen LogP contribution < -0.4 is 5.46 Å². The molecule has 0 aliphatic rings. The Kier molecular flexibility index (Phi) is 4.46. The Morgan fingerprint density at radius 3 is 2.50 bits per heavy atom. The van der Waals surface area contributed by atoms with Gasteiger partial charge in [-0.1, -0.05) is 24.6 Å². The van der Waals surface area contributed by atoms with Crippen molar-refractivity contribution in [2.45, 2.75) is 18.9 Å². The second-order valence-electron chi connectivity index (χ2n) is 5.51. The summed E-state index contributed by atoms with van der Waals surface area (Å²) in [5, 5.41) is 23.8. The van der Waals surface area contributed by atoms with Crippen molar-refractivity contribution in [2.75, 3.05) is 0 Å². The molecular weight excluding hydrogens is 395 g/mol. The molecule has 0 spiro atoms. The number of aromatic nitrogens is 2. The van der Waals surface area contributed by atoms with Gasteiger partial charge in [-0.05, 0) is 34.9 Å². The number of halogens is 4. The molecule has 0 fully saturated rings. The highest BCUT2D eigenvalue weighted by Gasteiger charge is 2.49. The second-order valence-corrected chi connectivity index (χ2v) is 7.68. The topological polar surface area (TPSA) is 92.4 Å². The third-order valence-electron chi connectivity index (χ3n) is 4.05. The molecule has 0 saturated carbocycles. The van der Waals surface area contributed by atoms with Gasteiger partial charge in [0.15, 0.2) is 0 Å². The Labute approximate surface area is 151 Å². The fourth-order valence-corrected chi connectivity index (χ4v) is 4.01. The smallest absolute Gasteiger partial charge is 0.423 e. The highest BCUT2D eigenvalue weighted by molar-refractivity contribution is 7.90. The van der Waals surface area contributed by atoms with Crippen molar-refractivity contribution in [3.8, 4) is 0 Å². The van der Waals surface area contributed by atoms with Gasteiger partial charge < -0.3 is 10.0 Å². The highest BCUT2D eigenvalue weighted by Crippen LogP contribution is 2.32. The first-order valence-electron chi connectivity index (χ1n) is 7.30.